The second kappa shape index (κ2) is 13.3. The molecule has 0 aliphatic rings. The summed E-state index contributed by atoms with van der Waals surface area (Å²) < 4.78 is 11.7. The Balaban J connectivity index is 4.60. The van der Waals surface area contributed by atoms with E-state index in [-0.39, 0.29) is 6.29 Å². The third kappa shape index (κ3) is 11.0. The average Bonchev–Trinajstić information content (AvgIpc) is 2.42. The van der Waals surface area contributed by atoms with Crippen molar-refractivity contribution in [1.82, 2.24) is 0 Å². The van der Waals surface area contributed by atoms with Crippen LogP contribution >= 0.6 is 0 Å². The van der Waals surface area contributed by atoms with Crippen molar-refractivity contribution in [3.05, 3.63) is 11.6 Å². The smallest absolute Gasteiger partial charge is 0.160 e. The maximum Gasteiger partial charge on any atom is 0.160 e. The minimum absolute atomic E-state index is 0.0417. The normalized spacial score (nSPS) is 14.2. The number of allylic oxidation sites excluding steroid dienone is 2. The highest BCUT2D eigenvalue weighted by atomic mass is 16.7. The maximum atomic E-state index is 5.84. The molecule has 1 unspecified atom stereocenters. The number of hydrogen-bond acceptors (Lipinski definition) is 2. The SMILES string of the molecule is CCCCCC(CC=C(C)CC(C)C)C(OCC)OCC. The predicted molar refractivity (Wildman–Crippen MR) is 92.5 cm³/mol. The first-order chi connectivity index (χ1) is 10.0. The van der Waals surface area contributed by atoms with E-state index < -0.39 is 0 Å². The molecule has 0 spiro atoms. The third-order valence-electron chi connectivity index (χ3n) is 3.72. The van der Waals surface area contributed by atoms with Gasteiger partial charge in [-0.05, 0) is 46.0 Å². The van der Waals surface area contributed by atoms with Gasteiger partial charge in [0.05, 0.1) is 0 Å². The topological polar surface area (TPSA) is 18.5 Å². The molecule has 0 N–H and O–H groups in total. The van der Waals surface area contributed by atoms with Gasteiger partial charge in [0.2, 0.25) is 0 Å². The van der Waals surface area contributed by atoms with Crippen molar-refractivity contribution in [2.24, 2.45) is 11.8 Å². The summed E-state index contributed by atoms with van der Waals surface area (Å²) in [6, 6.07) is 0. The molecule has 21 heavy (non-hydrogen) atoms. The zero-order valence-electron chi connectivity index (χ0n) is 15.3. The highest BCUT2D eigenvalue weighted by Crippen LogP contribution is 2.23. The summed E-state index contributed by atoms with van der Waals surface area (Å²) in [5.74, 6) is 1.22. The molecule has 2 nitrogen and oxygen atoms in total. The Labute approximate surface area is 133 Å². The van der Waals surface area contributed by atoms with Gasteiger partial charge in [-0.3, -0.25) is 0 Å². The van der Waals surface area contributed by atoms with Crippen LogP contribution in [0.4, 0.5) is 0 Å². The van der Waals surface area contributed by atoms with E-state index in [1.54, 1.807) is 0 Å². The van der Waals surface area contributed by atoms with Crippen molar-refractivity contribution < 1.29 is 9.47 Å². The number of unbranched alkanes of at least 4 members (excludes halogenated alkanes) is 2. The molecule has 0 bridgehead atoms. The van der Waals surface area contributed by atoms with Gasteiger partial charge in [0.15, 0.2) is 6.29 Å². The zero-order chi connectivity index (χ0) is 16.1. The summed E-state index contributed by atoms with van der Waals surface area (Å²) in [4.78, 5) is 0. The monoisotopic (exact) mass is 298 g/mol. The standard InChI is InChI=1S/C19H38O2/c1-7-10-11-12-18(19(20-8-2)21-9-3)14-13-17(6)15-16(4)5/h13,16,18-19H,7-12,14-15H2,1-6H3. The molecule has 0 aromatic carbocycles. The van der Waals surface area contributed by atoms with Crippen molar-refractivity contribution in [2.75, 3.05) is 13.2 Å². The molecule has 0 radical (unpaired) electrons. The maximum absolute atomic E-state index is 5.84. The lowest BCUT2D eigenvalue weighted by Gasteiger charge is -2.26. The van der Waals surface area contributed by atoms with Gasteiger partial charge in [-0.25, -0.2) is 0 Å². The van der Waals surface area contributed by atoms with Crippen molar-refractivity contribution in [2.45, 2.75) is 86.4 Å². The van der Waals surface area contributed by atoms with E-state index in [0.29, 0.717) is 5.92 Å². The van der Waals surface area contributed by atoms with Gasteiger partial charge in [0, 0.05) is 19.1 Å². The first-order valence-corrected chi connectivity index (χ1v) is 8.93. The minimum Gasteiger partial charge on any atom is -0.353 e. The van der Waals surface area contributed by atoms with E-state index in [1.807, 2.05) is 0 Å². The Kier molecular flexibility index (Phi) is 13.1. The second-order valence-corrected chi connectivity index (χ2v) is 6.42. The largest absolute Gasteiger partial charge is 0.353 e. The van der Waals surface area contributed by atoms with E-state index >= 15 is 0 Å². The fourth-order valence-corrected chi connectivity index (χ4v) is 2.75. The van der Waals surface area contributed by atoms with Crippen molar-refractivity contribution in [3.63, 3.8) is 0 Å². The number of ether oxygens (including phenoxy) is 2. The minimum atomic E-state index is -0.0417. The van der Waals surface area contributed by atoms with Crippen LogP contribution in [-0.2, 0) is 9.47 Å². The van der Waals surface area contributed by atoms with Gasteiger partial charge in [0.1, 0.15) is 0 Å². The average molecular weight is 299 g/mol. The Morgan fingerprint density at radius 3 is 2.10 bits per heavy atom. The van der Waals surface area contributed by atoms with Gasteiger partial charge in [-0.2, -0.15) is 0 Å². The van der Waals surface area contributed by atoms with E-state index in [0.717, 1.165) is 25.6 Å². The predicted octanol–water partition coefficient (Wildman–Crippen LogP) is 5.96. The van der Waals surface area contributed by atoms with Crippen LogP contribution in [0.1, 0.15) is 80.1 Å². The molecule has 0 rings (SSSR count). The van der Waals surface area contributed by atoms with E-state index in [4.69, 9.17) is 9.47 Å². The van der Waals surface area contributed by atoms with Crippen LogP contribution in [0.2, 0.25) is 0 Å². The van der Waals surface area contributed by atoms with Crippen LogP contribution in [0.5, 0.6) is 0 Å². The Hall–Kier alpha value is -0.340. The van der Waals surface area contributed by atoms with Crippen molar-refractivity contribution in [1.29, 1.82) is 0 Å². The first kappa shape index (κ1) is 20.7. The van der Waals surface area contributed by atoms with E-state index in [1.165, 1.54) is 37.7 Å². The molecule has 0 amide bonds. The molecule has 126 valence electrons. The first-order valence-electron chi connectivity index (χ1n) is 8.93. The summed E-state index contributed by atoms with van der Waals surface area (Å²) in [7, 11) is 0. The van der Waals surface area contributed by atoms with Crippen molar-refractivity contribution in [3.8, 4) is 0 Å². The molecule has 0 saturated heterocycles. The zero-order valence-corrected chi connectivity index (χ0v) is 15.3. The van der Waals surface area contributed by atoms with Crippen LogP contribution in [-0.4, -0.2) is 19.5 Å². The quantitative estimate of drug-likeness (QED) is 0.237. The van der Waals surface area contributed by atoms with Gasteiger partial charge in [-0.1, -0.05) is 51.7 Å². The molecule has 1 atom stereocenters. The van der Waals surface area contributed by atoms with Gasteiger partial charge in [0.25, 0.3) is 0 Å². The highest BCUT2D eigenvalue weighted by molar-refractivity contribution is 4.99. The second-order valence-electron chi connectivity index (χ2n) is 6.42. The van der Waals surface area contributed by atoms with Crippen LogP contribution in [0.3, 0.4) is 0 Å². The molecule has 0 heterocycles. The number of hydrogen-bond donors (Lipinski definition) is 0. The van der Waals surface area contributed by atoms with Crippen LogP contribution < -0.4 is 0 Å². The lowest BCUT2D eigenvalue weighted by Crippen LogP contribution is -2.27. The summed E-state index contributed by atoms with van der Waals surface area (Å²) in [6.07, 6.45) is 9.67. The van der Waals surface area contributed by atoms with Crippen molar-refractivity contribution >= 4 is 0 Å². The highest BCUT2D eigenvalue weighted by Gasteiger charge is 2.21. The Morgan fingerprint density at radius 1 is 1.00 bits per heavy atom. The van der Waals surface area contributed by atoms with E-state index in [9.17, 15) is 0 Å². The Bertz CT molecular complexity index is 252. The lowest BCUT2D eigenvalue weighted by molar-refractivity contribution is -0.168. The lowest BCUT2D eigenvalue weighted by atomic mass is 9.94. The molecular formula is C19H38O2. The molecule has 0 aromatic heterocycles. The number of rotatable bonds is 13. The molecule has 0 aromatic rings. The molecule has 0 fully saturated rings. The summed E-state index contributed by atoms with van der Waals surface area (Å²) >= 11 is 0. The molecule has 2 heteroatoms. The van der Waals surface area contributed by atoms with Crippen LogP contribution in [0.25, 0.3) is 0 Å². The summed E-state index contributed by atoms with van der Waals surface area (Å²) in [5, 5.41) is 0. The summed E-state index contributed by atoms with van der Waals surface area (Å²) in [6.45, 7) is 14.6. The van der Waals surface area contributed by atoms with Crippen LogP contribution in [0.15, 0.2) is 11.6 Å². The third-order valence-corrected chi connectivity index (χ3v) is 3.72. The van der Waals surface area contributed by atoms with Gasteiger partial charge in [-0.15, -0.1) is 0 Å². The summed E-state index contributed by atoms with van der Waals surface area (Å²) in [5.41, 5.74) is 1.50. The molecule has 0 aliphatic carbocycles. The van der Waals surface area contributed by atoms with Gasteiger partial charge < -0.3 is 9.47 Å². The fraction of sp³-hybridized carbons (Fsp3) is 0.895. The Morgan fingerprint density at radius 2 is 1.62 bits per heavy atom. The van der Waals surface area contributed by atoms with E-state index in [2.05, 4.69) is 47.6 Å². The van der Waals surface area contributed by atoms with Gasteiger partial charge >= 0.3 is 0 Å². The fourth-order valence-electron chi connectivity index (χ4n) is 2.75. The molecule has 0 aliphatic heterocycles. The van der Waals surface area contributed by atoms with Crippen LogP contribution in [0, 0.1) is 11.8 Å². The molecule has 0 saturated carbocycles. The molecular weight excluding hydrogens is 260 g/mol.